The molecule has 38 heavy (non-hydrogen) atoms. The number of aryl methyl sites for hydroxylation is 1. The molecule has 1 N–H and O–H groups in total. The monoisotopic (exact) mass is 561 g/mol. The number of rotatable bonds is 9. The van der Waals surface area contributed by atoms with Gasteiger partial charge in [-0.3, -0.25) is 4.57 Å². The molecule has 0 atom stereocenters. The minimum Gasteiger partial charge on any atom is -0.493 e. The van der Waals surface area contributed by atoms with Crippen LogP contribution in [0.15, 0.2) is 34.2 Å². The van der Waals surface area contributed by atoms with Gasteiger partial charge >= 0.3 is 5.69 Å². The molecule has 5 rings (SSSR count). The van der Waals surface area contributed by atoms with Crippen molar-refractivity contribution in [3.8, 4) is 17.0 Å². The summed E-state index contributed by atoms with van der Waals surface area (Å²) in [5.74, 6) is 0.497. The number of nitrogens with zero attached hydrogens (tertiary/aromatic N) is 6. The Labute approximate surface area is 226 Å². The average Bonchev–Trinajstić information content (AvgIpc) is 3.55. The second-order valence-electron chi connectivity index (χ2n) is 9.34. The second kappa shape index (κ2) is 10.7. The molecule has 0 unspecified atom stereocenters. The summed E-state index contributed by atoms with van der Waals surface area (Å²) in [6.07, 6.45) is 2.86. The van der Waals surface area contributed by atoms with Gasteiger partial charge in [-0.15, -0.1) is 10.2 Å². The molecular formula is C25H32ClN7O4S. The molecule has 13 heteroatoms. The van der Waals surface area contributed by atoms with Crippen molar-refractivity contribution < 1.29 is 13.2 Å². The molecule has 0 spiro atoms. The molecule has 1 fully saturated rings. The number of aromatic nitrogens is 5. The summed E-state index contributed by atoms with van der Waals surface area (Å²) in [5.41, 5.74) is 2.05. The molecule has 4 aromatic rings. The number of sulfonamides is 1. The van der Waals surface area contributed by atoms with Crippen molar-refractivity contribution >= 4 is 38.3 Å². The van der Waals surface area contributed by atoms with Gasteiger partial charge in [-0.05, 0) is 37.6 Å². The fourth-order valence-corrected chi connectivity index (χ4v) is 6.70. The van der Waals surface area contributed by atoms with Crippen LogP contribution >= 0.6 is 11.6 Å². The standard InChI is InChI=1S/C25H32ClN7O4S/c1-4-9-32-23-20(26)21(28-22(23)24-29-27-16-33(24)25(32)34)18-15-17(7-8-19(18)37-14-5-2)38(35,36)31-12-10-30(6-3)11-13-31/h7-8,15-16,28H,4-6,9-14H2,1-3H3. The van der Waals surface area contributed by atoms with Crippen LogP contribution in [-0.4, -0.2) is 81.1 Å². The molecule has 1 saturated heterocycles. The zero-order chi connectivity index (χ0) is 27.0. The first-order chi connectivity index (χ1) is 18.3. The van der Waals surface area contributed by atoms with E-state index >= 15 is 0 Å². The summed E-state index contributed by atoms with van der Waals surface area (Å²) in [6.45, 7) is 10.1. The van der Waals surface area contributed by atoms with Gasteiger partial charge in [-0.1, -0.05) is 32.4 Å². The molecule has 4 heterocycles. The SMILES string of the molecule is CCCOc1ccc(S(=O)(=O)N2CCN(CC)CC2)cc1-c1[nH]c2c(c1Cl)n(CCC)c(=O)n1cnnc21. The van der Waals surface area contributed by atoms with Crippen LogP contribution in [0.4, 0.5) is 0 Å². The van der Waals surface area contributed by atoms with Crippen molar-refractivity contribution in [1.82, 2.24) is 33.4 Å². The lowest BCUT2D eigenvalue weighted by atomic mass is 10.1. The minimum atomic E-state index is -3.74. The largest absolute Gasteiger partial charge is 0.493 e. The maximum Gasteiger partial charge on any atom is 0.335 e. The maximum atomic E-state index is 13.6. The number of aromatic amines is 1. The Balaban J connectivity index is 1.69. The summed E-state index contributed by atoms with van der Waals surface area (Å²) in [7, 11) is -3.74. The zero-order valence-corrected chi connectivity index (χ0v) is 23.3. The number of H-pyrrole nitrogens is 1. The summed E-state index contributed by atoms with van der Waals surface area (Å²) in [6, 6.07) is 4.86. The molecule has 0 bridgehead atoms. The van der Waals surface area contributed by atoms with Crippen molar-refractivity contribution in [2.45, 2.75) is 45.1 Å². The van der Waals surface area contributed by atoms with E-state index in [1.54, 1.807) is 22.8 Å². The van der Waals surface area contributed by atoms with Crippen LogP contribution in [-0.2, 0) is 16.6 Å². The average molecular weight is 562 g/mol. The quantitative estimate of drug-likeness (QED) is 0.333. The lowest BCUT2D eigenvalue weighted by molar-refractivity contribution is 0.196. The van der Waals surface area contributed by atoms with Crippen molar-refractivity contribution in [3.05, 3.63) is 40.0 Å². The predicted molar refractivity (Wildman–Crippen MR) is 146 cm³/mol. The normalized spacial score (nSPS) is 15.6. The Hall–Kier alpha value is -2.93. The highest BCUT2D eigenvalue weighted by molar-refractivity contribution is 7.89. The molecule has 1 aliphatic heterocycles. The Morgan fingerprint density at radius 2 is 1.87 bits per heavy atom. The van der Waals surface area contributed by atoms with E-state index in [-0.39, 0.29) is 10.6 Å². The molecular weight excluding hydrogens is 530 g/mol. The van der Waals surface area contributed by atoms with Crippen LogP contribution in [0, 0.1) is 0 Å². The van der Waals surface area contributed by atoms with Crippen LogP contribution < -0.4 is 10.4 Å². The van der Waals surface area contributed by atoms with Crippen LogP contribution in [0.1, 0.15) is 33.6 Å². The number of fused-ring (bicyclic) bond motifs is 3. The predicted octanol–water partition coefficient (Wildman–Crippen LogP) is 3.22. The summed E-state index contributed by atoms with van der Waals surface area (Å²) < 4.78 is 37.8. The van der Waals surface area contributed by atoms with E-state index in [4.69, 9.17) is 16.3 Å². The third kappa shape index (κ3) is 4.49. The molecule has 11 nitrogen and oxygen atoms in total. The Kier molecular flexibility index (Phi) is 7.49. The van der Waals surface area contributed by atoms with Gasteiger partial charge < -0.3 is 14.6 Å². The molecule has 0 aliphatic carbocycles. The van der Waals surface area contributed by atoms with Crippen LogP contribution in [0.3, 0.4) is 0 Å². The van der Waals surface area contributed by atoms with Gasteiger partial charge in [0.2, 0.25) is 10.0 Å². The number of likely N-dealkylation sites (N-methyl/N-ethyl adjacent to an activating group) is 1. The van der Waals surface area contributed by atoms with E-state index in [1.807, 2.05) is 13.8 Å². The van der Waals surface area contributed by atoms with E-state index in [2.05, 4.69) is 27.0 Å². The van der Waals surface area contributed by atoms with E-state index in [9.17, 15) is 13.2 Å². The highest BCUT2D eigenvalue weighted by atomic mass is 35.5. The van der Waals surface area contributed by atoms with Crippen LogP contribution in [0.25, 0.3) is 27.9 Å². The maximum absolute atomic E-state index is 13.6. The van der Waals surface area contributed by atoms with Crippen LogP contribution in [0.5, 0.6) is 5.75 Å². The number of halogens is 1. The summed E-state index contributed by atoms with van der Waals surface area (Å²) in [4.78, 5) is 18.9. The highest BCUT2D eigenvalue weighted by Crippen LogP contribution is 2.40. The van der Waals surface area contributed by atoms with Gasteiger partial charge in [0.25, 0.3) is 0 Å². The fraction of sp³-hybridized carbons (Fsp3) is 0.480. The number of hydrogen-bond donors (Lipinski definition) is 1. The Bertz CT molecular complexity index is 1630. The lowest BCUT2D eigenvalue weighted by Gasteiger charge is -2.33. The first-order valence-corrected chi connectivity index (χ1v) is 14.8. The zero-order valence-electron chi connectivity index (χ0n) is 21.8. The summed E-state index contributed by atoms with van der Waals surface area (Å²) >= 11 is 6.96. The number of nitrogens with one attached hydrogen (secondary N) is 1. The second-order valence-corrected chi connectivity index (χ2v) is 11.7. The highest BCUT2D eigenvalue weighted by Gasteiger charge is 2.30. The third-order valence-corrected chi connectivity index (χ3v) is 9.20. The van der Waals surface area contributed by atoms with Gasteiger partial charge in [0.15, 0.2) is 5.65 Å². The van der Waals surface area contributed by atoms with E-state index in [0.29, 0.717) is 84.5 Å². The van der Waals surface area contributed by atoms with Gasteiger partial charge in [0.05, 0.1) is 27.7 Å². The molecule has 204 valence electrons. The molecule has 3 aromatic heterocycles. The topological polar surface area (TPSA) is 118 Å². The molecule has 1 aliphatic rings. The molecule has 1 aromatic carbocycles. The fourth-order valence-electron chi connectivity index (χ4n) is 4.91. The smallest absolute Gasteiger partial charge is 0.335 e. The van der Waals surface area contributed by atoms with Crippen molar-refractivity contribution in [2.24, 2.45) is 0 Å². The number of benzene rings is 1. The van der Waals surface area contributed by atoms with Crippen molar-refractivity contribution in [2.75, 3.05) is 39.3 Å². The number of piperazine rings is 1. The van der Waals surface area contributed by atoms with Gasteiger partial charge in [0, 0.05) is 38.3 Å². The molecule has 0 saturated carbocycles. The van der Waals surface area contributed by atoms with E-state index in [1.165, 1.54) is 15.0 Å². The number of ether oxygens (including phenoxy) is 1. The first-order valence-electron chi connectivity index (χ1n) is 12.9. The van der Waals surface area contributed by atoms with Gasteiger partial charge in [-0.2, -0.15) is 4.31 Å². The van der Waals surface area contributed by atoms with E-state index < -0.39 is 10.0 Å². The lowest BCUT2D eigenvalue weighted by Crippen LogP contribution is -2.48. The third-order valence-electron chi connectivity index (χ3n) is 6.94. The molecule has 0 amide bonds. The molecule has 0 radical (unpaired) electrons. The van der Waals surface area contributed by atoms with Crippen LogP contribution in [0.2, 0.25) is 5.02 Å². The van der Waals surface area contributed by atoms with Crippen molar-refractivity contribution in [3.63, 3.8) is 0 Å². The van der Waals surface area contributed by atoms with E-state index in [0.717, 1.165) is 13.0 Å². The minimum absolute atomic E-state index is 0.162. The Morgan fingerprint density at radius 3 is 2.55 bits per heavy atom. The number of hydrogen-bond acceptors (Lipinski definition) is 7. The first kappa shape index (κ1) is 26.7. The van der Waals surface area contributed by atoms with Crippen molar-refractivity contribution in [1.29, 1.82) is 0 Å². The van der Waals surface area contributed by atoms with Gasteiger partial charge in [-0.25, -0.2) is 17.6 Å². The Morgan fingerprint density at radius 1 is 1.11 bits per heavy atom. The van der Waals surface area contributed by atoms with Gasteiger partial charge in [0.1, 0.15) is 17.6 Å². The summed E-state index contributed by atoms with van der Waals surface area (Å²) in [5, 5.41) is 8.34.